The third-order valence-corrected chi connectivity index (χ3v) is 6.51. The van der Waals surface area contributed by atoms with Gasteiger partial charge >= 0.3 is 0 Å². The molecule has 34 heavy (non-hydrogen) atoms. The number of sulfonamides is 1. The van der Waals surface area contributed by atoms with E-state index in [-0.39, 0.29) is 19.3 Å². The van der Waals surface area contributed by atoms with Crippen LogP contribution in [0.4, 0.5) is 0 Å². The molecule has 0 bridgehead atoms. The molecule has 2 aromatic heterocycles. The number of hydrogen-bond acceptors (Lipinski definition) is 6. The van der Waals surface area contributed by atoms with Gasteiger partial charge in [-0.3, -0.25) is 9.89 Å². The molecule has 4 aromatic rings. The van der Waals surface area contributed by atoms with E-state index >= 15 is 0 Å². The second-order valence-electron chi connectivity index (χ2n) is 8.10. The molecule has 0 aliphatic carbocycles. The summed E-state index contributed by atoms with van der Waals surface area (Å²) in [7, 11) is -4.14. The maximum absolute atomic E-state index is 13.0. The van der Waals surface area contributed by atoms with Crippen LogP contribution in [0.2, 0.25) is 0 Å². The number of H-pyrrole nitrogens is 1. The Kier molecular flexibility index (Phi) is 6.21. The van der Waals surface area contributed by atoms with Crippen LogP contribution >= 0.6 is 0 Å². The van der Waals surface area contributed by atoms with Crippen molar-refractivity contribution < 1.29 is 20.8 Å². The summed E-state index contributed by atoms with van der Waals surface area (Å²) in [6.07, 6.45) is 1.29. The molecule has 2 N–H and O–H groups in total. The number of benzene rings is 2. The van der Waals surface area contributed by atoms with Crippen molar-refractivity contribution in [1.29, 1.82) is 0 Å². The molecule has 0 spiro atoms. The molecule has 9 heteroatoms. The highest BCUT2D eigenvalue weighted by Crippen LogP contribution is 2.32. The van der Waals surface area contributed by atoms with Crippen molar-refractivity contribution in [2.45, 2.75) is 32.7 Å². The fraction of sp³-hybridized carbons (Fsp3) is 0.160. The van der Waals surface area contributed by atoms with Gasteiger partial charge in [-0.25, -0.2) is 9.71 Å². The molecule has 1 amide bonds. The van der Waals surface area contributed by atoms with Crippen LogP contribution < -0.4 is 9.46 Å². The van der Waals surface area contributed by atoms with Crippen LogP contribution in [-0.4, -0.2) is 29.5 Å². The lowest BCUT2D eigenvalue weighted by Crippen LogP contribution is -2.31. The SMILES string of the molecule is Cc1ccc(-c2ccc(C(=O)NS(=O)(=O)c3ccn[nH]3)c(Oc3c(C)cc(C)cc3C)n2)cc1.[HH].[HH]. The number of pyridine rings is 1. The summed E-state index contributed by atoms with van der Waals surface area (Å²) in [4.78, 5) is 17.6. The normalized spacial score (nSPS) is 11.3. The minimum Gasteiger partial charge on any atom is -0.438 e. The monoisotopic (exact) mass is 480 g/mol. The standard InChI is InChI=1S/C25H24N4O4S.2H2/c1-15-5-7-19(8-6-15)21-10-9-20(24(30)29-34(31,32)22-11-12-26-28-22)25(27-21)33-23-17(3)13-16(2)14-18(23)4;;/h5-14H,1-4H3,(H,26,28)(H,29,30);2*1H. The lowest BCUT2D eigenvalue weighted by molar-refractivity contribution is 0.0978. The van der Waals surface area contributed by atoms with Crippen LogP contribution in [0.15, 0.2) is 65.8 Å². The Balaban J connectivity index is 0.00000228. The molecule has 0 saturated carbocycles. The molecule has 2 heterocycles. The molecular formula is C25H28N4O4S. The minimum atomic E-state index is -4.14. The maximum atomic E-state index is 13.0. The Morgan fingerprint density at radius 2 is 1.62 bits per heavy atom. The molecule has 0 aliphatic heterocycles. The van der Waals surface area contributed by atoms with E-state index in [1.54, 1.807) is 6.07 Å². The third kappa shape index (κ3) is 4.84. The van der Waals surface area contributed by atoms with Gasteiger partial charge in [0.1, 0.15) is 11.3 Å². The van der Waals surface area contributed by atoms with Crippen LogP contribution in [0.5, 0.6) is 11.6 Å². The van der Waals surface area contributed by atoms with E-state index in [9.17, 15) is 13.2 Å². The number of nitrogens with zero attached hydrogens (tertiary/aromatic N) is 2. The minimum absolute atomic E-state index is 0. The van der Waals surface area contributed by atoms with E-state index in [1.807, 2.05) is 68.8 Å². The molecule has 0 saturated heterocycles. The first-order valence-electron chi connectivity index (χ1n) is 10.5. The van der Waals surface area contributed by atoms with Crippen molar-refractivity contribution >= 4 is 15.9 Å². The lowest BCUT2D eigenvalue weighted by atomic mass is 10.1. The number of carbonyl (C=O) groups is 1. The van der Waals surface area contributed by atoms with Crippen molar-refractivity contribution in [2.24, 2.45) is 0 Å². The van der Waals surface area contributed by atoms with Gasteiger partial charge in [-0.05, 0) is 57.0 Å². The summed E-state index contributed by atoms with van der Waals surface area (Å²) in [6, 6.07) is 16.1. The van der Waals surface area contributed by atoms with Crippen LogP contribution in [0.3, 0.4) is 0 Å². The Morgan fingerprint density at radius 1 is 0.941 bits per heavy atom. The molecule has 4 rings (SSSR count). The fourth-order valence-corrected chi connectivity index (χ4v) is 4.50. The predicted octanol–water partition coefficient (Wildman–Crippen LogP) is 5.11. The number of aromatic amines is 1. The number of aromatic nitrogens is 3. The first kappa shape index (κ1) is 23.2. The van der Waals surface area contributed by atoms with Gasteiger partial charge < -0.3 is 4.74 Å². The molecule has 0 unspecified atom stereocenters. The highest BCUT2D eigenvalue weighted by Gasteiger charge is 2.24. The fourth-order valence-electron chi connectivity index (χ4n) is 3.63. The number of aryl methyl sites for hydroxylation is 4. The van der Waals surface area contributed by atoms with E-state index in [4.69, 9.17) is 4.74 Å². The Morgan fingerprint density at radius 3 is 2.24 bits per heavy atom. The zero-order valence-electron chi connectivity index (χ0n) is 19.2. The summed E-state index contributed by atoms with van der Waals surface area (Å²) in [5.41, 5.74) is 5.33. The maximum Gasteiger partial charge on any atom is 0.281 e. The van der Waals surface area contributed by atoms with Crippen molar-refractivity contribution in [3.63, 3.8) is 0 Å². The summed E-state index contributed by atoms with van der Waals surface area (Å²) >= 11 is 0. The molecule has 178 valence electrons. The zero-order chi connectivity index (χ0) is 24.5. The van der Waals surface area contributed by atoms with E-state index < -0.39 is 15.9 Å². The molecule has 2 aromatic carbocycles. The molecule has 0 radical (unpaired) electrons. The van der Waals surface area contributed by atoms with E-state index in [0.29, 0.717) is 11.4 Å². The summed E-state index contributed by atoms with van der Waals surface area (Å²) in [5.74, 6) is -0.301. The van der Waals surface area contributed by atoms with Gasteiger partial charge in [0.25, 0.3) is 15.9 Å². The predicted molar refractivity (Wildman–Crippen MR) is 133 cm³/mol. The second-order valence-corrected chi connectivity index (χ2v) is 9.75. The van der Waals surface area contributed by atoms with Crippen molar-refractivity contribution in [1.82, 2.24) is 19.9 Å². The van der Waals surface area contributed by atoms with Gasteiger partial charge in [-0.15, -0.1) is 0 Å². The van der Waals surface area contributed by atoms with Crippen LogP contribution in [0.25, 0.3) is 11.3 Å². The van der Waals surface area contributed by atoms with Gasteiger partial charge in [0.2, 0.25) is 5.88 Å². The first-order valence-corrected chi connectivity index (χ1v) is 12.0. The van der Waals surface area contributed by atoms with Crippen LogP contribution in [-0.2, 0) is 10.0 Å². The summed E-state index contributed by atoms with van der Waals surface area (Å²) in [6.45, 7) is 7.78. The number of ether oxygens (including phenoxy) is 1. The molecule has 8 nitrogen and oxygen atoms in total. The smallest absolute Gasteiger partial charge is 0.281 e. The quantitative estimate of drug-likeness (QED) is 0.396. The van der Waals surface area contributed by atoms with E-state index in [1.165, 1.54) is 18.3 Å². The van der Waals surface area contributed by atoms with Gasteiger partial charge in [0.05, 0.1) is 11.9 Å². The number of rotatable bonds is 6. The summed E-state index contributed by atoms with van der Waals surface area (Å²) < 4.78 is 33.3. The third-order valence-electron chi connectivity index (χ3n) is 5.25. The highest BCUT2D eigenvalue weighted by atomic mass is 32.2. The van der Waals surface area contributed by atoms with E-state index in [2.05, 4.69) is 15.2 Å². The summed E-state index contributed by atoms with van der Waals surface area (Å²) in [5, 5.41) is 5.75. The molecule has 0 atom stereocenters. The zero-order valence-corrected chi connectivity index (χ0v) is 20.0. The number of carbonyl (C=O) groups excluding carboxylic acids is 1. The first-order chi connectivity index (χ1) is 16.1. The van der Waals surface area contributed by atoms with Gasteiger partial charge in [0, 0.05) is 8.42 Å². The van der Waals surface area contributed by atoms with Gasteiger partial charge in [-0.1, -0.05) is 47.5 Å². The number of hydrogen-bond donors (Lipinski definition) is 2. The number of nitrogens with one attached hydrogen (secondary N) is 2. The Bertz CT molecular complexity index is 1450. The second kappa shape index (κ2) is 9.11. The molecule has 0 aliphatic rings. The lowest BCUT2D eigenvalue weighted by Gasteiger charge is -2.16. The van der Waals surface area contributed by atoms with Crippen molar-refractivity contribution in [3.05, 3.63) is 88.6 Å². The molecular weight excluding hydrogens is 452 g/mol. The van der Waals surface area contributed by atoms with Crippen molar-refractivity contribution in [3.8, 4) is 22.9 Å². The average Bonchev–Trinajstić information content (AvgIpc) is 3.32. The van der Waals surface area contributed by atoms with Crippen LogP contribution in [0.1, 0.15) is 35.5 Å². The van der Waals surface area contributed by atoms with Gasteiger partial charge in [0.15, 0.2) is 5.03 Å². The average molecular weight is 481 g/mol. The van der Waals surface area contributed by atoms with Gasteiger partial charge in [-0.2, -0.15) is 13.5 Å². The number of amides is 1. The van der Waals surface area contributed by atoms with Crippen molar-refractivity contribution in [2.75, 3.05) is 0 Å². The Hall–Kier alpha value is -3.98. The molecule has 0 fully saturated rings. The largest absolute Gasteiger partial charge is 0.438 e. The van der Waals surface area contributed by atoms with Crippen LogP contribution in [0, 0.1) is 27.7 Å². The van der Waals surface area contributed by atoms with E-state index in [0.717, 1.165) is 27.8 Å². The topological polar surface area (TPSA) is 114 Å². The Labute approximate surface area is 201 Å². The highest BCUT2D eigenvalue weighted by molar-refractivity contribution is 7.90.